The highest BCUT2D eigenvalue weighted by Crippen LogP contribution is 2.42. The number of nitrogens with two attached hydrogens (primary N) is 2. The average Bonchev–Trinajstić information content (AvgIpc) is 3.51. The van der Waals surface area contributed by atoms with Crippen LogP contribution in [0.25, 0.3) is 0 Å². The van der Waals surface area contributed by atoms with Gasteiger partial charge >= 0.3 is 0 Å². The van der Waals surface area contributed by atoms with Gasteiger partial charge in [-0.2, -0.15) is 0 Å². The highest BCUT2D eigenvalue weighted by atomic mass is 19.1. The van der Waals surface area contributed by atoms with Crippen LogP contribution < -0.4 is 40.6 Å². The van der Waals surface area contributed by atoms with E-state index >= 15 is 0 Å². The summed E-state index contributed by atoms with van der Waals surface area (Å²) in [6, 6.07) is 14.7. The van der Waals surface area contributed by atoms with Gasteiger partial charge in [-0.3, -0.25) is 9.59 Å². The molecular formula is C32H37FN4O8. The molecule has 12 nitrogen and oxygen atoms in total. The standard InChI is InChI=1S/C23H25FN4O5.C9H12O3/c24-17-5-1-14(2-6-17)9-28(26)10-19(25)23(30)27-22-16(11-31-12-29)4-3-15-7-20-21(8-18(15)22)33-13-32-20;1-10-7-5-4-6-8(11-2)9(7)12-3/h1-2,5-8,10,12,16,22H,3-4,9,11,13,25-26H2,(H,27,30);4-6H,1-3H3/b19-10-;. The van der Waals surface area contributed by atoms with Crippen LogP contribution in [0.4, 0.5) is 4.39 Å². The molecule has 240 valence electrons. The fourth-order valence-electron chi connectivity index (χ4n) is 5.13. The zero-order valence-corrected chi connectivity index (χ0v) is 25.3. The molecule has 1 aliphatic heterocycles. The maximum absolute atomic E-state index is 13.1. The van der Waals surface area contributed by atoms with E-state index < -0.39 is 11.9 Å². The third-order valence-corrected chi connectivity index (χ3v) is 7.32. The maximum atomic E-state index is 13.1. The number of fused-ring (bicyclic) bond motifs is 2. The van der Waals surface area contributed by atoms with Gasteiger partial charge in [0.05, 0.1) is 40.5 Å². The van der Waals surface area contributed by atoms with Gasteiger partial charge in [-0.25, -0.2) is 10.2 Å². The van der Waals surface area contributed by atoms with Crippen molar-refractivity contribution < 1.29 is 42.4 Å². The lowest BCUT2D eigenvalue weighted by atomic mass is 9.79. The number of rotatable bonds is 11. The number of nitrogens with one attached hydrogen (secondary N) is 1. The van der Waals surface area contributed by atoms with E-state index in [0.717, 1.165) is 23.1 Å². The molecule has 0 radical (unpaired) electrons. The summed E-state index contributed by atoms with van der Waals surface area (Å²) in [6.45, 7) is 0.923. The molecule has 5 rings (SSSR count). The van der Waals surface area contributed by atoms with Gasteiger partial charge in [-0.15, -0.1) is 0 Å². The number of carbonyl (C=O) groups excluding carboxylic acids is 2. The summed E-state index contributed by atoms with van der Waals surface area (Å²) in [6.07, 6.45) is 2.76. The molecule has 13 heteroatoms. The largest absolute Gasteiger partial charge is 0.493 e. The van der Waals surface area contributed by atoms with Crippen LogP contribution in [-0.4, -0.2) is 52.1 Å². The molecule has 45 heavy (non-hydrogen) atoms. The van der Waals surface area contributed by atoms with Crippen molar-refractivity contribution in [2.75, 3.05) is 34.7 Å². The number of methoxy groups -OCH3 is 3. The first-order chi connectivity index (χ1) is 21.8. The Morgan fingerprint density at radius 3 is 2.33 bits per heavy atom. The first kappa shape index (κ1) is 32.7. The van der Waals surface area contributed by atoms with Crippen molar-refractivity contribution in [2.45, 2.75) is 25.4 Å². The summed E-state index contributed by atoms with van der Waals surface area (Å²) in [4.78, 5) is 23.7. The van der Waals surface area contributed by atoms with E-state index in [-0.39, 0.29) is 37.4 Å². The van der Waals surface area contributed by atoms with Gasteiger partial charge in [0.15, 0.2) is 23.0 Å². The molecule has 2 unspecified atom stereocenters. The quantitative estimate of drug-likeness (QED) is 0.124. The van der Waals surface area contributed by atoms with Crippen molar-refractivity contribution in [1.29, 1.82) is 0 Å². The fraction of sp³-hybridized carbons (Fsp3) is 0.312. The summed E-state index contributed by atoms with van der Waals surface area (Å²) in [5.41, 5.74) is 8.55. The second-order valence-corrected chi connectivity index (χ2v) is 10.2. The van der Waals surface area contributed by atoms with Crippen molar-refractivity contribution in [2.24, 2.45) is 17.5 Å². The fourth-order valence-corrected chi connectivity index (χ4v) is 5.13. The van der Waals surface area contributed by atoms with E-state index in [1.807, 2.05) is 30.3 Å². The number of hydrazine groups is 1. The number of benzene rings is 3. The summed E-state index contributed by atoms with van der Waals surface area (Å²) in [5.74, 6) is 8.20. The van der Waals surface area contributed by atoms with Crippen LogP contribution in [0.3, 0.4) is 0 Å². The molecule has 3 aromatic rings. The van der Waals surface area contributed by atoms with Crippen LogP contribution in [0, 0.1) is 11.7 Å². The zero-order chi connectivity index (χ0) is 32.3. The Morgan fingerprint density at radius 1 is 1.04 bits per heavy atom. The Hall–Kier alpha value is -5.17. The molecule has 0 fully saturated rings. The number of carbonyl (C=O) groups is 2. The number of halogens is 1. The molecule has 0 saturated heterocycles. The van der Waals surface area contributed by atoms with Crippen LogP contribution in [0.2, 0.25) is 0 Å². The van der Waals surface area contributed by atoms with E-state index in [9.17, 15) is 14.0 Å². The van der Waals surface area contributed by atoms with Crippen molar-refractivity contribution >= 4 is 12.4 Å². The van der Waals surface area contributed by atoms with E-state index in [4.69, 9.17) is 40.0 Å². The second kappa shape index (κ2) is 15.5. The second-order valence-electron chi connectivity index (χ2n) is 10.2. The number of nitrogens with zero attached hydrogens (tertiary/aromatic N) is 1. The minimum absolute atomic E-state index is 0.0949. The zero-order valence-electron chi connectivity index (χ0n) is 25.3. The van der Waals surface area contributed by atoms with E-state index in [0.29, 0.717) is 41.6 Å². The van der Waals surface area contributed by atoms with Crippen LogP contribution >= 0.6 is 0 Å². The molecule has 1 heterocycles. The molecule has 0 aromatic heterocycles. The van der Waals surface area contributed by atoms with Gasteiger partial charge < -0.3 is 44.5 Å². The smallest absolute Gasteiger partial charge is 0.293 e. The van der Waals surface area contributed by atoms with E-state index in [1.54, 1.807) is 33.5 Å². The van der Waals surface area contributed by atoms with Crippen molar-refractivity contribution in [1.82, 2.24) is 10.3 Å². The lowest BCUT2D eigenvalue weighted by Gasteiger charge is -2.34. The number of para-hydroxylation sites is 1. The predicted octanol–water partition coefficient (Wildman–Crippen LogP) is 3.34. The first-order valence-electron chi connectivity index (χ1n) is 14.0. The molecule has 2 atom stereocenters. The Bertz CT molecular complexity index is 1480. The maximum Gasteiger partial charge on any atom is 0.293 e. The molecule has 1 aliphatic carbocycles. The third kappa shape index (κ3) is 8.26. The van der Waals surface area contributed by atoms with Crippen molar-refractivity contribution in [3.63, 3.8) is 0 Å². The topological polar surface area (TPSA) is 157 Å². The van der Waals surface area contributed by atoms with Crippen LogP contribution in [0.15, 0.2) is 66.5 Å². The van der Waals surface area contributed by atoms with Gasteiger partial charge in [-0.05, 0) is 65.9 Å². The lowest BCUT2D eigenvalue weighted by molar-refractivity contribution is -0.130. The van der Waals surface area contributed by atoms with E-state index in [1.165, 1.54) is 23.3 Å². The van der Waals surface area contributed by atoms with Crippen molar-refractivity contribution in [3.8, 4) is 28.7 Å². The molecule has 0 saturated carbocycles. The molecule has 3 aromatic carbocycles. The SMILES string of the molecule is COc1cccc(OC)c1OC.N/C(=C\N(N)Cc1ccc(F)cc1)C(=O)NC1c2cc3c(cc2CCC1COC=O)OCO3. The normalized spacial score (nSPS) is 16.3. The third-order valence-electron chi connectivity index (χ3n) is 7.32. The monoisotopic (exact) mass is 624 g/mol. The number of hydrogen-bond donors (Lipinski definition) is 3. The number of amides is 1. The highest BCUT2D eigenvalue weighted by Gasteiger charge is 2.34. The molecule has 2 aliphatic rings. The molecule has 5 N–H and O–H groups in total. The predicted molar refractivity (Wildman–Crippen MR) is 162 cm³/mol. The highest BCUT2D eigenvalue weighted by molar-refractivity contribution is 5.92. The average molecular weight is 625 g/mol. The summed E-state index contributed by atoms with van der Waals surface area (Å²) in [7, 11) is 4.77. The summed E-state index contributed by atoms with van der Waals surface area (Å²) >= 11 is 0. The summed E-state index contributed by atoms with van der Waals surface area (Å²) in [5, 5.41) is 4.20. The molecule has 1 amide bonds. The Kier molecular flexibility index (Phi) is 11.3. The van der Waals surface area contributed by atoms with Crippen LogP contribution in [0.5, 0.6) is 28.7 Å². The Morgan fingerprint density at radius 2 is 1.71 bits per heavy atom. The molecule has 0 bridgehead atoms. The number of ether oxygens (including phenoxy) is 6. The molecule has 0 spiro atoms. The number of hydrogen-bond acceptors (Lipinski definition) is 11. The Balaban J connectivity index is 0.000000323. The van der Waals surface area contributed by atoms with Gasteiger partial charge in [0.25, 0.3) is 12.4 Å². The Labute approximate surface area is 260 Å². The van der Waals surface area contributed by atoms with Crippen LogP contribution in [0.1, 0.15) is 29.2 Å². The van der Waals surface area contributed by atoms with Gasteiger partial charge in [-0.1, -0.05) is 18.2 Å². The van der Waals surface area contributed by atoms with Gasteiger partial charge in [0.1, 0.15) is 11.5 Å². The van der Waals surface area contributed by atoms with Crippen molar-refractivity contribution in [3.05, 3.63) is 89.0 Å². The summed E-state index contributed by atoms with van der Waals surface area (Å²) < 4.78 is 44.3. The lowest BCUT2D eigenvalue weighted by Crippen LogP contribution is -2.40. The minimum Gasteiger partial charge on any atom is -0.493 e. The molecular weight excluding hydrogens is 587 g/mol. The minimum atomic E-state index is -0.517. The van der Waals surface area contributed by atoms with Gasteiger partial charge in [0.2, 0.25) is 12.5 Å². The number of aryl methyl sites for hydroxylation is 1. The first-order valence-corrected chi connectivity index (χ1v) is 14.0. The van der Waals surface area contributed by atoms with Crippen LogP contribution in [-0.2, 0) is 27.3 Å². The van der Waals surface area contributed by atoms with Gasteiger partial charge in [0, 0.05) is 12.1 Å². The van der Waals surface area contributed by atoms with E-state index in [2.05, 4.69) is 5.32 Å².